The van der Waals surface area contributed by atoms with Gasteiger partial charge in [-0.1, -0.05) is 18.6 Å². The van der Waals surface area contributed by atoms with Gasteiger partial charge in [0.15, 0.2) is 0 Å². The Morgan fingerprint density at radius 2 is 2.13 bits per heavy atom. The molecule has 6 heteroatoms. The van der Waals surface area contributed by atoms with E-state index in [1.807, 2.05) is 24.3 Å². The quantitative estimate of drug-likeness (QED) is 0.880. The van der Waals surface area contributed by atoms with E-state index in [0.717, 1.165) is 19.3 Å². The number of rotatable bonds is 4. The van der Waals surface area contributed by atoms with Gasteiger partial charge < -0.3 is 15.4 Å². The van der Waals surface area contributed by atoms with Crippen LogP contribution in [0.3, 0.4) is 0 Å². The summed E-state index contributed by atoms with van der Waals surface area (Å²) in [5.41, 5.74) is 0.675. The Labute approximate surface area is 136 Å². The average molecular weight is 317 g/mol. The van der Waals surface area contributed by atoms with Crippen molar-refractivity contribution in [2.45, 2.75) is 37.8 Å². The molecule has 0 aliphatic carbocycles. The molecule has 2 amide bonds. The molecular formula is C17H23N3O3. The molecule has 6 nitrogen and oxygen atoms in total. The first-order valence-corrected chi connectivity index (χ1v) is 8.12. The van der Waals surface area contributed by atoms with E-state index in [4.69, 9.17) is 4.74 Å². The van der Waals surface area contributed by atoms with Crippen LogP contribution in [0.1, 0.15) is 25.7 Å². The molecule has 2 heterocycles. The van der Waals surface area contributed by atoms with Gasteiger partial charge >= 0.3 is 0 Å². The molecule has 2 bridgehead atoms. The molecule has 0 spiro atoms. The summed E-state index contributed by atoms with van der Waals surface area (Å²) < 4.78 is 5.26. The van der Waals surface area contributed by atoms with Crippen molar-refractivity contribution in [2.75, 3.05) is 25.5 Å². The first-order valence-electron chi connectivity index (χ1n) is 8.12. The summed E-state index contributed by atoms with van der Waals surface area (Å²) in [7, 11) is 1.58. The van der Waals surface area contributed by atoms with Crippen molar-refractivity contribution in [3.63, 3.8) is 0 Å². The number of benzene rings is 1. The Morgan fingerprint density at radius 3 is 2.96 bits per heavy atom. The van der Waals surface area contributed by atoms with Gasteiger partial charge in [0, 0.05) is 25.0 Å². The van der Waals surface area contributed by atoms with Crippen molar-refractivity contribution in [2.24, 2.45) is 0 Å². The maximum atomic E-state index is 12.5. The number of piperidine rings is 1. The highest BCUT2D eigenvalue weighted by atomic mass is 16.5. The highest BCUT2D eigenvalue weighted by Gasteiger charge is 2.35. The zero-order chi connectivity index (χ0) is 16.2. The van der Waals surface area contributed by atoms with Crippen LogP contribution in [-0.4, -0.2) is 49.0 Å². The van der Waals surface area contributed by atoms with Crippen LogP contribution in [0.4, 0.5) is 5.69 Å². The number of nitrogens with one attached hydrogen (secondary N) is 2. The number of hydrogen-bond donors (Lipinski definition) is 2. The molecular weight excluding hydrogens is 294 g/mol. The Kier molecular flexibility index (Phi) is 4.81. The highest BCUT2D eigenvalue weighted by molar-refractivity contribution is 5.93. The number of ether oxygens (including phenoxy) is 1. The molecule has 2 N–H and O–H groups in total. The van der Waals surface area contributed by atoms with E-state index in [1.54, 1.807) is 7.11 Å². The molecule has 2 unspecified atom stereocenters. The number of nitrogens with zero attached hydrogens (tertiary/aromatic N) is 1. The van der Waals surface area contributed by atoms with Crippen LogP contribution in [0.2, 0.25) is 0 Å². The third kappa shape index (κ3) is 3.64. The summed E-state index contributed by atoms with van der Waals surface area (Å²) in [6.45, 7) is 0.944. The van der Waals surface area contributed by atoms with Gasteiger partial charge in [-0.3, -0.25) is 14.5 Å². The molecule has 3 rings (SSSR count). The van der Waals surface area contributed by atoms with Crippen LogP contribution in [0.15, 0.2) is 24.3 Å². The first kappa shape index (κ1) is 15.8. The van der Waals surface area contributed by atoms with Gasteiger partial charge in [-0.25, -0.2) is 0 Å². The van der Waals surface area contributed by atoms with Crippen LogP contribution in [0.5, 0.6) is 5.75 Å². The van der Waals surface area contributed by atoms with Crippen molar-refractivity contribution < 1.29 is 14.3 Å². The molecule has 2 aliphatic rings. The molecule has 0 aromatic heterocycles. The van der Waals surface area contributed by atoms with Crippen LogP contribution in [-0.2, 0) is 9.59 Å². The fourth-order valence-corrected chi connectivity index (χ4v) is 3.54. The zero-order valence-electron chi connectivity index (χ0n) is 13.4. The molecule has 124 valence electrons. The minimum absolute atomic E-state index is 0.0688. The second kappa shape index (κ2) is 7.00. The van der Waals surface area contributed by atoms with Gasteiger partial charge in [-0.05, 0) is 25.0 Å². The third-order valence-corrected chi connectivity index (χ3v) is 4.68. The summed E-state index contributed by atoms with van der Waals surface area (Å²) in [5, 5.41) is 5.87. The molecule has 23 heavy (non-hydrogen) atoms. The normalized spacial score (nSPS) is 24.5. The van der Waals surface area contributed by atoms with E-state index in [2.05, 4.69) is 15.5 Å². The topological polar surface area (TPSA) is 70.7 Å². The van der Waals surface area contributed by atoms with Gasteiger partial charge in [-0.15, -0.1) is 0 Å². The predicted molar refractivity (Wildman–Crippen MR) is 87.4 cm³/mol. The van der Waals surface area contributed by atoms with E-state index in [1.165, 1.54) is 0 Å². The molecule has 0 saturated carbocycles. The second-order valence-corrected chi connectivity index (χ2v) is 6.17. The minimum atomic E-state index is -0.0688. The molecule has 1 aromatic rings. The minimum Gasteiger partial charge on any atom is -0.495 e. The molecule has 2 fully saturated rings. The average Bonchev–Trinajstić information content (AvgIpc) is 2.63. The fraction of sp³-hybridized carbons (Fsp3) is 0.529. The van der Waals surface area contributed by atoms with Crippen LogP contribution >= 0.6 is 0 Å². The van der Waals surface area contributed by atoms with Crippen molar-refractivity contribution in [1.82, 2.24) is 10.2 Å². The van der Waals surface area contributed by atoms with Crippen molar-refractivity contribution in [1.29, 1.82) is 0 Å². The van der Waals surface area contributed by atoms with E-state index in [-0.39, 0.29) is 23.9 Å². The van der Waals surface area contributed by atoms with E-state index < -0.39 is 0 Å². The van der Waals surface area contributed by atoms with Crippen LogP contribution in [0, 0.1) is 0 Å². The SMILES string of the molecule is COc1ccccc1NC(=O)CN1C2CCCC1CC(=O)NC2. The van der Waals surface area contributed by atoms with E-state index >= 15 is 0 Å². The van der Waals surface area contributed by atoms with Gasteiger partial charge in [-0.2, -0.15) is 0 Å². The van der Waals surface area contributed by atoms with Gasteiger partial charge in [0.2, 0.25) is 11.8 Å². The molecule has 2 saturated heterocycles. The molecule has 2 aliphatic heterocycles. The predicted octanol–water partition coefficient (Wildman–Crippen LogP) is 1.38. The molecule has 2 atom stereocenters. The summed E-state index contributed by atoms with van der Waals surface area (Å²) in [6.07, 6.45) is 3.61. The van der Waals surface area contributed by atoms with Crippen molar-refractivity contribution >= 4 is 17.5 Å². The summed E-state index contributed by atoms with van der Waals surface area (Å²) >= 11 is 0. The maximum absolute atomic E-state index is 12.5. The highest BCUT2D eigenvalue weighted by Crippen LogP contribution is 2.27. The largest absolute Gasteiger partial charge is 0.495 e. The van der Waals surface area contributed by atoms with E-state index in [0.29, 0.717) is 30.9 Å². The fourth-order valence-electron chi connectivity index (χ4n) is 3.54. The number of anilines is 1. The Balaban J connectivity index is 1.68. The number of amides is 2. The summed E-state index contributed by atoms with van der Waals surface area (Å²) in [5.74, 6) is 0.670. The smallest absolute Gasteiger partial charge is 0.238 e. The zero-order valence-corrected chi connectivity index (χ0v) is 13.4. The van der Waals surface area contributed by atoms with Crippen molar-refractivity contribution in [3.8, 4) is 5.75 Å². The lowest BCUT2D eigenvalue weighted by Crippen LogP contribution is -2.50. The summed E-state index contributed by atoms with van der Waals surface area (Å²) in [4.78, 5) is 26.4. The number of fused-ring (bicyclic) bond motifs is 2. The van der Waals surface area contributed by atoms with E-state index in [9.17, 15) is 9.59 Å². The van der Waals surface area contributed by atoms with Crippen LogP contribution < -0.4 is 15.4 Å². The van der Waals surface area contributed by atoms with Crippen molar-refractivity contribution in [3.05, 3.63) is 24.3 Å². The maximum Gasteiger partial charge on any atom is 0.238 e. The molecule has 0 radical (unpaired) electrons. The Hall–Kier alpha value is -2.08. The molecule has 1 aromatic carbocycles. The van der Waals surface area contributed by atoms with Gasteiger partial charge in [0.1, 0.15) is 5.75 Å². The summed E-state index contributed by atoms with van der Waals surface area (Å²) in [6, 6.07) is 7.79. The Bertz CT molecular complexity index is 590. The lowest BCUT2D eigenvalue weighted by Gasteiger charge is -2.39. The lowest BCUT2D eigenvalue weighted by atomic mass is 9.94. The van der Waals surface area contributed by atoms with Gasteiger partial charge in [0.25, 0.3) is 0 Å². The van der Waals surface area contributed by atoms with Gasteiger partial charge in [0.05, 0.1) is 19.3 Å². The first-order chi connectivity index (χ1) is 11.2. The number of hydrogen-bond acceptors (Lipinski definition) is 4. The Morgan fingerprint density at radius 1 is 1.35 bits per heavy atom. The van der Waals surface area contributed by atoms with Crippen LogP contribution in [0.25, 0.3) is 0 Å². The number of carbonyl (C=O) groups is 2. The lowest BCUT2D eigenvalue weighted by molar-refractivity contribution is -0.122. The standard InChI is InChI=1S/C17H23N3O3/c1-23-15-8-3-2-7-14(15)19-17(22)11-20-12-5-4-6-13(20)10-18-16(21)9-12/h2-3,7-8,12-13H,4-6,9-11H2,1H3,(H,18,21)(H,19,22). The third-order valence-electron chi connectivity index (χ3n) is 4.68. The number of carbonyl (C=O) groups excluding carboxylic acids is 2. The second-order valence-electron chi connectivity index (χ2n) is 6.17. The monoisotopic (exact) mass is 317 g/mol. The number of methoxy groups -OCH3 is 1. The number of para-hydroxylation sites is 2.